The number of imide groups is 1. The van der Waals surface area contributed by atoms with Crippen LogP contribution in [-0.2, 0) is 9.59 Å². The molecule has 0 radical (unpaired) electrons. The summed E-state index contributed by atoms with van der Waals surface area (Å²) in [6.07, 6.45) is 3.25. The number of carbonyl (C=O) groups excluding carboxylic acids is 3. The Labute approximate surface area is 232 Å². The molecule has 0 unspecified atom stereocenters. The largest absolute Gasteiger partial charge is 0.497 e. The molecule has 1 aliphatic heterocycles. The van der Waals surface area contributed by atoms with Gasteiger partial charge in [0.05, 0.1) is 19.4 Å². The van der Waals surface area contributed by atoms with Crippen molar-refractivity contribution in [2.24, 2.45) is 0 Å². The van der Waals surface area contributed by atoms with Gasteiger partial charge >= 0.3 is 0 Å². The third-order valence-electron chi connectivity index (χ3n) is 6.25. The number of unbranched alkanes of at least 4 members (excludes halogenated alkanes) is 2. The second kappa shape index (κ2) is 12.5. The Kier molecular flexibility index (Phi) is 8.88. The zero-order chi connectivity index (χ0) is 27.9. The molecule has 4 rings (SSSR count). The number of halogens is 1. The molecule has 0 atom stereocenters. The number of nitrogens with zero attached hydrogens (tertiary/aromatic N) is 1. The molecule has 0 saturated heterocycles. The predicted molar refractivity (Wildman–Crippen MR) is 153 cm³/mol. The summed E-state index contributed by atoms with van der Waals surface area (Å²) in [5.41, 5.74) is 2.52. The van der Waals surface area contributed by atoms with Crippen molar-refractivity contribution in [1.82, 2.24) is 0 Å². The molecule has 3 aromatic carbocycles. The number of rotatable bonds is 11. The van der Waals surface area contributed by atoms with E-state index in [0.29, 0.717) is 35.0 Å². The molecule has 2 N–H and O–H groups in total. The third kappa shape index (κ3) is 6.41. The van der Waals surface area contributed by atoms with E-state index in [0.717, 1.165) is 35.5 Å². The number of benzene rings is 3. The molecule has 0 fully saturated rings. The Bertz CT molecular complexity index is 1400. The molecule has 1 heterocycles. The van der Waals surface area contributed by atoms with Crippen molar-refractivity contribution < 1.29 is 23.9 Å². The summed E-state index contributed by atoms with van der Waals surface area (Å²) in [6.45, 7) is 4.62. The molecular weight excluding hydrogens is 518 g/mol. The van der Waals surface area contributed by atoms with E-state index < -0.39 is 11.8 Å². The molecule has 1 aliphatic rings. The van der Waals surface area contributed by atoms with Crippen molar-refractivity contribution in [1.29, 1.82) is 0 Å². The Balaban J connectivity index is 1.45. The number of amides is 3. The van der Waals surface area contributed by atoms with Crippen molar-refractivity contribution in [3.63, 3.8) is 0 Å². The molecule has 0 aliphatic carbocycles. The van der Waals surface area contributed by atoms with E-state index in [2.05, 4.69) is 17.6 Å². The summed E-state index contributed by atoms with van der Waals surface area (Å²) in [5.74, 6) is -0.230. The first-order valence-corrected chi connectivity index (χ1v) is 13.0. The average Bonchev–Trinajstić information content (AvgIpc) is 3.16. The van der Waals surface area contributed by atoms with Crippen LogP contribution in [0.15, 0.2) is 77.5 Å². The van der Waals surface area contributed by atoms with Gasteiger partial charge in [-0.3, -0.25) is 14.4 Å². The van der Waals surface area contributed by atoms with Crippen LogP contribution in [0.3, 0.4) is 0 Å². The minimum atomic E-state index is -0.640. The molecule has 39 heavy (non-hydrogen) atoms. The van der Waals surface area contributed by atoms with Crippen LogP contribution in [0.4, 0.5) is 17.1 Å². The zero-order valence-corrected chi connectivity index (χ0v) is 22.8. The Hall–Kier alpha value is -4.30. The van der Waals surface area contributed by atoms with Crippen LogP contribution < -0.4 is 25.0 Å². The summed E-state index contributed by atoms with van der Waals surface area (Å²) in [6, 6.07) is 18.7. The molecule has 202 valence electrons. The lowest BCUT2D eigenvalue weighted by molar-refractivity contribution is -0.120. The van der Waals surface area contributed by atoms with Gasteiger partial charge in [-0.15, -0.1) is 0 Å². The van der Waals surface area contributed by atoms with Gasteiger partial charge in [-0.25, -0.2) is 4.90 Å². The first-order chi connectivity index (χ1) is 18.8. The highest BCUT2D eigenvalue weighted by Crippen LogP contribution is 2.32. The molecule has 0 aromatic heterocycles. The molecular formula is C30H30ClN3O5. The lowest BCUT2D eigenvalue weighted by Gasteiger charge is -2.16. The zero-order valence-electron chi connectivity index (χ0n) is 22.0. The lowest BCUT2D eigenvalue weighted by Crippen LogP contribution is -2.32. The van der Waals surface area contributed by atoms with Gasteiger partial charge in [0, 0.05) is 16.9 Å². The number of anilines is 3. The first kappa shape index (κ1) is 27.7. The van der Waals surface area contributed by atoms with Gasteiger partial charge in [0.25, 0.3) is 17.7 Å². The summed E-state index contributed by atoms with van der Waals surface area (Å²) in [4.78, 5) is 39.9. The number of methoxy groups -OCH3 is 1. The van der Waals surface area contributed by atoms with E-state index in [4.69, 9.17) is 21.1 Å². The number of ether oxygens (including phenoxy) is 2. The second-order valence-corrected chi connectivity index (χ2v) is 9.40. The summed E-state index contributed by atoms with van der Waals surface area (Å²) in [7, 11) is 1.53. The van der Waals surface area contributed by atoms with Gasteiger partial charge in [-0.1, -0.05) is 37.4 Å². The second-order valence-electron chi connectivity index (χ2n) is 9.02. The van der Waals surface area contributed by atoms with Gasteiger partial charge in [0.1, 0.15) is 22.2 Å². The van der Waals surface area contributed by atoms with E-state index in [9.17, 15) is 14.4 Å². The molecule has 3 aromatic rings. The lowest BCUT2D eigenvalue weighted by atomic mass is 10.1. The smallest absolute Gasteiger partial charge is 0.283 e. The first-order valence-electron chi connectivity index (χ1n) is 12.7. The third-order valence-corrected chi connectivity index (χ3v) is 6.60. The van der Waals surface area contributed by atoms with Crippen LogP contribution in [0.2, 0.25) is 0 Å². The fraction of sp³-hybridized carbons (Fsp3) is 0.233. The summed E-state index contributed by atoms with van der Waals surface area (Å²) >= 11 is 6.29. The predicted octanol–water partition coefficient (Wildman–Crippen LogP) is 6.26. The van der Waals surface area contributed by atoms with Crippen molar-refractivity contribution in [2.75, 3.05) is 29.3 Å². The maximum Gasteiger partial charge on any atom is 0.283 e. The van der Waals surface area contributed by atoms with Crippen molar-refractivity contribution in [2.45, 2.75) is 33.1 Å². The van der Waals surface area contributed by atoms with Crippen molar-refractivity contribution in [3.05, 3.63) is 88.6 Å². The van der Waals surface area contributed by atoms with Gasteiger partial charge < -0.3 is 20.1 Å². The van der Waals surface area contributed by atoms with Crippen molar-refractivity contribution >= 4 is 46.4 Å². The van der Waals surface area contributed by atoms with E-state index in [1.165, 1.54) is 7.11 Å². The highest BCUT2D eigenvalue weighted by molar-refractivity contribution is 6.53. The van der Waals surface area contributed by atoms with Crippen LogP contribution in [0, 0.1) is 6.92 Å². The molecule has 0 bridgehead atoms. The van der Waals surface area contributed by atoms with E-state index in [-0.39, 0.29) is 16.6 Å². The molecule has 0 saturated carbocycles. The molecule has 3 amide bonds. The highest BCUT2D eigenvalue weighted by Gasteiger charge is 2.39. The number of nitrogens with one attached hydrogen (secondary N) is 2. The van der Waals surface area contributed by atoms with Gasteiger partial charge in [0.2, 0.25) is 0 Å². The number of aryl methyl sites for hydroxylation is 1. The standard InChI is InChI=1S/C30H30ClN3O5/c1-4-5-6-17-39-24-13-9-21(10-14-24)32-28(35)20-8-7-19(2)25(18-20)33-27-26(31)29(36)34(30(27)37)22-11-15-23(38-3)16-12-22/h7-16,18,33H,4-6,17H2,1-3H3,(H,32,35). The maximum atomic E-state index is 13.2. The van der Waals surface area contributed by atoms with Gasteiger partial charge in [0.15, 0.2) is 0 Å². The van der Waals surface area contributed by atoms with Crippen LogP contribution >= 0.6 is 11.6 Å². The minimum Gasteiger partial charge on any atom is -0.497 e. The van der Waals surface area contributed by atoms with Crippen LogP contribution in [0.25, 0.3) is 0 Å². The normalized spacial score (nSPS) is 13.1. The van der Waals surface area contributed by atoms with E-state index >= 15 is 0 Å². The van der Waals surface area contributed by atoms with Gasteiger partial charge in [-0.05, 0) is 79.6 Å². The summed E-state index contributed by atoms with van der Waals surface area (Å²) in [5, 5.41) is 5.60. The molecule has 8 nitrogen and oxygen atoms in total. The number of carbonyl (C=O) groups is 3. The van der Waals surface area contributed by atoms with Crippen molar-refractivity contribution in [3.8, 4) is 11.5 Å². The Morgan fingerprint density at radius 2 is 1.62 bits per heavy atom. The van der Waals surface area contributed by atoms with E-state index in [1.807, 2.05) is 19.1 Å². The number of hydrogen-bond acceptors (Lipinski definition) is 6. The SMILES string of the molecule is CCCCCOc1ccc(NC(=O)c2ccc(C)c(NC3=C(Cl)C(=O)N(c4ccc(OC)cc4)C3=O)c2)cc1. The Morgan fingerprint density at radius 1 is 0.923 bits per heavy atom. The fourth-order valence-corrected chi connectivity index (χ4v) is 4.20. The average molecular weight is 548 g/mol. The van der Waals surface area contributed by atoms with E-state index in [1.54, 1.807) is 54.6 Å². The van der Waals surface area contributed by atoms with Crippen LogP contribution in [-0.4, -0.2) is 31.4 Å². The van der Waals surface area contributed by atoms with Crippen LogP contribution in [0.1, 0.15) is 42.1 Å². The molecule has 9 heteroatoms. The molecule has 0 spiro atoms. The summed E-state index contributed by atoms with van der Waals surface area (Å²) < 4.78 is 10.9. The minimum absolute atomic E-state index is 0.0623. The monoisotopic (exact) mass is 547 g/mol. The number of hydrogen-bond donors (Lipinski definition) is 2. The quantitative estimate of drug-likeness (QED) is 0.217. The topological polar surface area (TPSA) is 97.0 Å². The highest BCUT2D eigenvalue weighted by atomic mass is 35.5. The van der Waals surface area contributed by atoms with Gasteiger partial charge in [-0.2, -0.15) is 0 Å². The Morgan fingerprint density at radius 3 is 2.28 bits per heavy atom. The fourth-order valence-electron chi connectivity index (χ4n) is 3.99. The van der Waals surface area contributed by atoms with Crippen LogP contribution in [0.5, 0.6) is 11.5 Å². The maximum absolute atomic E-state index is 13.2.